The van der Waals surface area contributed by atoms with Gasteiger partial charge in [-0.3, -0.25) is 4.79 Å². The summed E-state index contributed by atoms with van der Waals surface area (Å²) in [6.45, 7) is 17.0. The van der Waals surface area contributed by atoms with Crippen molar-refractivity contribution in [3.05, 3.63) is 94.1 Å². The number of carbonyl (C=O) groups excluding carboxylic acids is 1. The van der Waals surface area contributed by atoms with Gasteiger partial charge in [-0.05, 0) is 115 Å². The minimum absolute atomic E-state index is 0.0521. The van der Waals surface area contributed by atoms with Crippen LogP contribution in [0, 0.1) is 19.3 Å². The van der Waals surface area contributed by atoms with Crippen molar-refractivity contribution < 1.29 is 26.4 Å². The molecule has 0 N–H and O–H groups in total. The van der Waals surface area contributed by atoms with Crippen molar-refractivity contribution >= 4 is 25.6 Å². The maximum atomic E-state index is 14.7. The summed E-state index contributed by atoms with van der Waals surface area (Å²) in [5.74, 6) is -0.414. The Morgan fingerprint density at radius 3 is 1.93 bits per heavy atom. The minimum atomic E-state index is -3.90. The minimum Gasteiger partial charge on any atom is -0.462 e. The molecule has 8 heteroatoms. The molecule has 0 heterocycles. The van der Waals surface area contributed by atoms with Gasteiger partial charge < -0.3 is 4.74 Å². The summed E-state index contributed by atoms with van der Waals surface area (Å²) in [5.41, 5.74) is 5.02. The standard InChI is InChI=1S/C37H50O6S2/c1-26-12-16-32(17-13-26)44(39,40)34(23-28(3)20-22-43-31(6)38)24-29(4)25-37(9,35-30(5)11-10-21-36(35,7)8)45(41,42)33-18-14-27(2)15-19-33/h12-20,24,34H,10-11,21-23,25H2,1-9H3. The molecule has 1 aliphatic carbocycles. The van der Waals surface area contributed by atoms with Gasteiger partial charge in [0.25, 0.3) is 0 Å². The first-order valence-corrected chi connectivity index (χ1v) is 18.6. The van der Waals surface area contributed by atoms with E-state index in [1.807, 2.05) is 53.7 Å². The Morgan fingerprint density at radius 1 is 0.889 bits per heavy atom. The fourth-order valence-electron chi connectivity index (χ4n) is 6.86. The number of hydrogen-bond acceptors (Lipinski definition) is 6. The third kappa shape index (κ3) is 8.44. The number of ether oxygens (including phenoxy) is 1. The second-order valence-electron chi connectivity index (χ2n) is 13.6. The lowest BCUT2D eigenvalue weighted by atomic mass is 9.67. The highest BCUT2D eigenvalue weighted by Gasteiger charge is 2.50. The predicted molar refractivity (Wildman–Crippen MR) is 183 cm³/mol. The van der Waals surface area contributed by atoms with E-state index < -0.39 is 35.6 Å². The molecule has 2 aromatic rings. The molecular weight excluding hydrogens is 605 g/mol. The van der Waals surface area contributed by atoms with Crippen molar-refractivity contribution in [2.75, 3.05) is 6.61 Å². The number of carbonyl (C=O) groups is 1. The molecule has 2 unspecified atom stereocenters. The monoisotopic (exact) mass is 654 g/mol. The topological polar surface area (TPSA) is 94.6 Å². The second-order valence-corrected chi connectivity index (χ2v) is 18.1. The van der Waals surface area contributed by atoms with Crippen molar-refractivity contribution in [2.45, 2.75) is 114 Å². The van der Waals surface area contributed by atoms with Gasteiger partial charge in [-0.15, -0.1) is 0 Å². The van der Waals surface area contributed by atoms with Crippen molar-refractivity contribution in [3.63, 3.8) is 0 Å². The Bertz CT molecular complexity index is 1690. The van der Waals surface area contributed by atoms with Gasteiger partial charge in [0.2, 0.25) is 0 Å². The largest absolute Gasteiger partial charge is 0.462 e. The number of hydrogen-bond donors (Lipinski definition) is 0. The summed E-state index contributed by atoms with van der Waals surface area (Å²) in [5, 5.41) is -0.949. The number of rotatable bonds is 12. The van der Waals surface area contributed by atoms with Crippen LogP contribution in [0.2, 0.25) is 0 Å². The highest BCUT2D eigenvalue weighted by molar-refractivity contribution is 7.93. The zero-order chi connectivity index (χ0) is 33.8. The lowest BCUT2D eigenvalue weighted by molar-refractivity contribution is -0.139. The van der Waals surface area contributed by atoms with Crippen molar-refractivity contribution in [2.24, 2.45) is 5.41 Å². The first-order chi connectivity index (χ1) is 20.8. The van der Waals surface area contributed by atoms with E-state index >= 15 is 0 Å². The predicted octanol–water partition coefficient (Wildman–Crippen LogP) is 8.44. The Kier molecular flexibility index (Phi) is 11.5. The lowest BCUT2D eigenvalue weighted by Crippen LogP contribution is -2.45. The number of esters is 1. The molecule has 0 saturated carbocycles. The molecule has 0 fully saturated rings. The van der Waals surface area contributed by atoms with Gasteiger partial charge >= 0.3 is 5.97 Å². The van der Waals surface area contributed by atoms with E-state index in [0.717, 1.165) is 47.1 Å². The normalized spacial score (nSPS) is 18.3. The van der Waals surface area contributed by atoms with Crippen molar-refractivity contribution in [3.8, 4) is 0 Å². The van der Waals surface area contributed by atoms with Crippen molar-refractivity contribution in [1.29, 1.82) is 0 Å². The quantitative estimate of drug-likeness (QED) is 0.168. The first-order valence-electron chi connectivity index (χ1n) is 15.6. The fourth-order valence-corrected chi connectivity index (χ4v) is 10.8. The van der Waals surface area contributed by atoms with Crippen LogP contribution in [0.4, 0.5) is 0 Å². The molecule has 3 rings (SSSR count). The molecule has 1 aliphatic rings. The van der Waals surface area contributed by atoms with Gasteiger partial charge in [0.05, 0.1) is 19.8 Å². The third-order valence-corrected chi connectivity index (χ3v) is 13.4. The van der Waals surface area contributed by atoms with E-state index in [1.54, 1.807) is 48.6 Å². The van der Waals surface area contributed by atoms with E-state index in [9.17, 15) is 21.6 Å². The van der Waals surface area contributed by atoms with Gasteiger partial charge in [0, 0.05) is 6.92 Å². The maximum Gasteiger partial charge on any atom is 0.302 e. The molecule has 0 aliphatic heterocycles. The SMILES string of the molecule is CC(=O)OCC=C(C)CC(C=C(C)CC(C)(C1=C(C)CCCC1(C)C)S(=O)(=O)c1ccc(C)cc1)S(=O)(=O)c1ccc(C)cc1. The summed E-state index contributed by atoms with van der Waals surface area (Å²) >= 11 is 0. The lowest BCUT2D eigenvalue weighted by Gasteiger charge is -2.45. The number of allylic oxidation sites excluding steroid dienone is 3. The molecule has 0 amide bonds. The van der Waals surface area contributed by atoms with Crippen LogP contribution >= 0.6 is 0 Å². The fraction of sp³-hybridized carbons (Fsp3) is 0.486. The summed E-state index contributed by atoms with van der Waals surface area (Å²) in [4.78, 5) is 11.8. The van der Waals surface area contributed by atoms with Crippen LogP contribution < -0.4 is 0 Å². The zero-order valence-electron chi connectivity index (χ0n) is 28.4. The Morgan fingerprint density at radius 2 is 1.42 bits per heavy atom. The zero-order valence-corrected chi connectivity index (χ0v) is 30.0. The van der Waals surface area contributed by atoms with Crippen LogP contribution in [-0.4, -0.2) is 39.4 Å². The molecule has 0 saturated heterocycles. The van der Waals surface area contributed by atoms with E-state index in [2.05, 4.69) is 13.8 Å². The highest BCUT2D eigenvalue weighted by Crippen LogP contribution is 2.51. The smallest absolute Gasteiger partial charge is 0.302 e. The number of benzene rings is 2. The molecule has 0 radical (unpaired) electrons. The van der Waals surface area contributed by atoms with Gasteiger partial charge in [0.1, 0.15) is 6.61 Å². The second kappa shape index (κ2) is 14.2. The number of aryl methyl sites for hydroxylation is 2. The summed E-state index contributed by atoms with van der Waals surface area (Å²) in [6.07, 6.45) is 6.46. The van der Waals surface area contributed by atoms with E-state index in [4.69, 9.17) is 4.74 Å². The summed E-state index contributed by atoms with van der Waals surface area (Å²) in [6, 6.07) is 13.8. The average molecular weight is 655 g/mol. The molecule has 0 bridgehead atoms. The van der Waals surface area contributed by atoms with Crippen LogP contribution in [0.5, 0.6) is 0 Å². The summed E-state index contributed by atoms with van der Waals surface area (Å²) < 4.78 is 61.3. The first kappa shape index (κ1) is 36.5. The van der Waals surface area contributed by atoms with E-state index in [1.165, 1.54) is 6.92 Å². The average Bonchev–Trinajstić information content (AvgIpc) is 2.92. The molecule has 0 aromatic heterocycles. The van der Waals surface area contributed by atoms with Crippen molar-refractivity contribution in [1.82, 2.24) is 0 Å². The van der Waals surface area contributed by atoms with Gasteiger partial charge in [-0.25, -0.2) is 16.8 Å². The maximum absolute atomic E-state index is 14.7. The van der Waals surface area contributed by atoms with E-state index in [0.29, 0.717) is 5.57 Å². The van der Waals surface area contributed by atoms with Crippen LogP contribution in [-0.2, 0) is 29.2 Å². The van der Waals surface area contributed by atoms with Gasteiger partial charge in [-0.1, -0.05) is 72.0 Å². The molecule has 2 aromatic carbocycles. The number of sulfone groups is 2. The third-order valence-electron chi connectivity index (χ3n) is 8.99. The van der Waals surface area contributed by atoms with Crippen LogP contribution in [0.15, 0.2) is 92.8 Å². The van der Waals surface area contributed by atoms with Gasteiger partial charge in [0.15, 0.2) is 19.7 Å². The van der Waals surface area contributed by atoms with Gasteiger partial charge in [-0.2, -0.15) is 0 Å². The molecule has 0 spiro atoms. The Balaban J connectivity index is 2.18. The highest BCUT2D eigenvalue weighted by atomic mass is 32.2. The molecule has 6 nitrogen and oxygen atoms in total. The molecular formula is C37H50O6S2. The molecule has 45 heavy (non-hydrogen) atoms. The molecule has 2 atom stereocenters. The Hall–Kier alpha value is -2.97. The van der Waals surface area contributed by atoms with Crippen LogP contribution in [0.3, 0.4) is 0 Å². The Labute approximate surface area is 271 Å². The van der Waals surface area contributed by atoms with Crippen LogP contribution in [0.25, 0.3) is 0 Å². The summed E-state index contributed by atoms with van der Waals surface area (Å²) in [7, 11) is -7.74. The molecule has 246 valence electrons. The van der Waals surface area contributed by atoms with Crippen LogP contribution in [0.1, 0.15) is 91.7 Å². The van der Waals surface area contributed by atoms with E-state index in [-0.39, 0.29) is 34.7 Å².